The van der Waals surface area contributed by atoms with Gasteiger partial charge < -0.3 is 14.8 Å². The van der Waals surface area contributed by atoms with Gasteiger partial charge in [-0.15, -0.1) is 0 Å². The maximum absolute atomic E-state index is 5.69. The van der Waals surface area contributed by atoms with Crippen LogP contribution in [0.2, 0.25) is 0 Å². The quantitative estimate of drug-likeness (QED) is 0.187. The molecule has 6 aromatic carbocycles. The van der Waals surface area contributed by atoms with E-state index in [4.69, 9.17) is 9.98 Å². The predicted molar refractivity (Wildman–Crippen MR) is 293 cm³/mol. The number of nitrogens with one attached hydrogen (secondary N) is 1. The van der Waals surface area contributed by atoms with Gasteiger partial charge in [-0.3, -0.25) is 0 Å². The van der Waals surface area contributed by atoms with E-state index in [0.717, 1.165) is 60.4 Å². The Morgan fingerprint density at radius 3 is 2.34 bits per heavy atom. The zero-order valence-corrected chi connectivity index (χ0v) is 38.9. The molecule has 0 saturated carbocycles. The van der Waals surface area contributed by atoms with Crippen molar-refractivity contribution in [1.82, 2.24) is 9.88 Å². The number of amidine groups is 2. The number of hydrogen-bond acceptors (Lipinski definition) is 4. The van der Waals surface area contributed by atoms with Gasteiger partial charge >= 0.3 is 0 Å². The first-order valence-corrected chi connectivity index (χ1v) is 25.4. The summed E-state index contributed by atoms with van der Waals surface area (Å²) in [6, 6.07) is 39.0. The molecular weight excluding hydrogens is 851 g/mol. The Balaban J connectivity index is 0.891. The average Bonchev–Trinajstić information content (AvgIpc) is 3.94. The molecule has 1 N–H and O–H groups in total. The Morgan fingerprint density at radius 1 is 0.600 bits per heavy atom. The minimum atomic E-state index is -0.191. The molecule has 6 aliphatic carbocycles. The molecule has 2 aliphatic heterocycles. The van der Waals surface area contributed by atoms with Gasteiger partial charge in [-0.1, -0.05) is 164 Å². The molecule has 336 valence electrons. The van der Waals surface area contributed by atoms with E-state index in [1.807, 2.05) is 0 Å². The van der Waals surface area contributed by atoms with E-state index in [2.05, 4.69) is 221 Å². The number of benzene rings is 6. The van der Waals surface area contributed by atoms with Gasteiger partial charge in [0.25, 0.3) is 0 Å². The molecule has 5 heteroatoms. The molecule has 0 fully saturated rings. The van der Waals surface area contributed by atoms with Gasteiger partial charge in [-0.2, -0.15) is 0 Å². The summed E-state index contributed by atoms with van der Waals surface area (Å²) in [5, 5.41) is 12.8. The SMILES string of the molecule is C1=CCC(C2N=C(c3c(N4c5cc6ccc(-n7c8c(c9c%10ccccc%10ccc97)CCC=C8)cc6cc5C5C=CC=CC54)ccc4ccccc34)N=C(C3=CC=CC4C5=C(C=CC34)CCC=C5)N2)C=C1. The number of aliphatic imine (C=N–C) groups is 2. The highest BCUT2D eigenvalue weighted by Crippen LogP contribution is 2.52. The molecular formula is C65H51N5. The van der Waals surface area contributed by atoms with Crippen LogP contribution < -0.4 is 10.2 Å². The van der Waals surface area contributed by atoms with Gasteiger partial charge in [0, 0.05) is 51.7 Å². The lowest BCUT2D eigenvalue weighted by molar-refractivity contribution is 0.472. The molecule has 8 aliphatic rings. The number of anilines is 2. The molecule has 15 rings (SSSR count). The van der Waals surface area contributed by atoms with E-state index in [1.165, 1.54) is 82.7 Å². The van der Waals surface area contributed by atoms with E-state index < -0.39 is 0 Å². The fraction of sp³-hybridized carbons (Fsp3) is 0.169. The Kier molecular flexibility index (Phi) is 8.99. The van der Waals surface area contributed by atoms with Gasteiger partial charge in [-0.25, -0.2) is 9.98 Å². The number of aromatic nitrogens is 1. The first kappa shape index (κ1) is 39.9. The fourth-order valence-corrected chi connectivity index (χ4v) is 13.1. The van der Waals surface area contributed by atoms with Gasteiger partial charge in [-0.05, 0) is 129 Å². The number of nitrogens with zero attached hydrogens (tertiary/aromatic N) is 4. The summed E-state index contributed by atoms with van der Waals surface area (Å²) in [5.74, 6) is 2.53. The fourth-order valence-electron chi connectivity index (χ4n) is 13.1. The molecule has 1 aromatic heterocycles. The van der Waals surface area contributed by atoms with Crippen molar-refractivity contribution in [3.05, 3.63) is 239 Å². The van der Waals surface area contributed by atoms with E-state index in [0.29, 0.717) is 0 Å². The maximum atomic E-state index is 5.69. The van der Waals surface area contributed by atoms with Crippen molar-refractivity contribution >= 4 is 72.3 Å². The van der Waals surface area contributed by atoms with Crippen LogP contribution in [0.5, 0.6) is 0 Å². The summed E-state index contributed by atoms with van der Waals surface area (Å²) in [4.78, 5) is 14.0. The third-order valence-electron chi connectivity index (χ3n) is 16.4. The minimum absolute atomic E-state index is 0.0772. The largest absolute Gasteiger partial charge is 0.348 e. The van der Waals surface area contributed by atoms with Crippen LogP contribution in [0.25, 0.3) is 55.0 Å². The number of rotatable bonds is 5. The highest BCUT2D eigenvalue weighted by molar-refractivity contribution is 6.21. The van der Waals surface area contributed by atoms with Crippen molar-refractivity contribution in [3.63, 3.8) is 0 Å². The van der Waals surface area contributed by atoms with Crippen molar-refractivity contribution in [1.29, 1.82) is 0 Å². The van der Waals surface area contributed by atoms with E-state index in [1.54, 1.807) is 0 Å². The minimum Gasteiger partial charge on any atom is -0.348 e. The lowest BCUT2D eigenvalue weighted by Gasteiger charge is -2.37. The van der Waals surface area contributed by atoms with Crippen molar-refractivity contribution in [2.24, 2.45) is 27.7 Å². The second-order valence-corrected chi connectivity index (χ2v) is 20.2. The lowest BCUT2D eigenvalue weighted by atomic mass is 9.71. The van der Waals surface area contributed by atoms with Crippen molar-refractivity contribution in [2.45, 2.75) is 50.2 Å². The molecule has 0 bridgehead atoms. The van der Waals surface area contributed by atoms with Crippen LogP contribution in [0.4, 0.5) is 11.4 Å². The van der Waals surface area contributed by atoms with Crippen LogP contribution in [0.1, 0.15) is 54.0 Å². The van der Waals surface area contributed by atoms with E-state index in [-0.39, 0.29) is 35.9 Å². The summed E-state index contributed by atoms with van der Waals surface area (Å²) in [7, 11) is 0. The van der Waals surface area contributed by atoms with Crippen LogP contribution in [0.15, 0.2) is 227 Å². The van der Waals surface area contributed by atoms with Gasteiger partial charge in [0.05, 0.1) is 22.8 Å². The van der Waals surface area contributed by atoms with Crippen LogP contribution >= 0.6 is 0 Å². The van der Waals surface area contributed by atoms with Crippen molar-refractivity contribution < 1.29 is 0 Å². The topological polar surface area (TPSA) is 44.9 Å². The third kappa shape index (κ3) is 6.10. The maximum Gasteiger partial charge on any atom is 0.161 e. The van der Waals surface area contributed by atoms with Crippen LogP contribution in [-0.4, -0.2) is 28.4 Å². The monoisotopic (exact) mass is 901 g/mol. The molecule has 7 aromatic rings. The standard InChI is InChI=1S/C65H51N5/c1-2-18-43(19-3-1)63-66-64(53-26-14-25-50-47-20-7-4-15-40(47)30-34-51(50)53)68-65(67-63)62-49-22-9-6-17-42(49)32-36-59(62)70-56-27-12-10-23-52(56)55-38-45-37-46(33-29-44(45)39-60(55)70)69-57-28-13-11-24-54(57)61-48-21-8-5-16-41(48)31-35-58(61)69/h1-3,5-10,12-14,16-18,20-23,25-39,43,50-52,56,63H,4,11,15,19,24H2,(H,66,67,68). The zero-order valence-electron chi connectivity index (χ0n) is 38.9. The molecule has 0 saturated heterocycles. The van der Waals surface area contributed by atoms with Gasteiger partial charge in [0.2, 0.25) is 0 Å². The first-order chi connectivity index (χ1) is 34.7. The van der Waals surface area contributed by atoms with Crippen molar-refractivity contribution in [2.75, 3.05) is 4.90 Å². The number of fused-ring (bicyclic) bond motifs is 12. The second kappa shape index (κ2) is 15.8. The van der Waals surface area contributed by atoms with Gasteiger partial charge in [0.15, 0.2) is 5.84 Å². The van der Waals surface area contributed by atoms with Crippen LogP contribution in [-0.2, 0) is 6.42 Å². The Hall–Kier alpha value is -8.02. The van der Waals surface area contributed by atoms with Crippen LogP contribution in [0, 0.1) is 17.8 Å². The Bertz CT molecular complexity index is 3830. The first-order valence-electron chi connectivity index (χ1n) is 25.4. The molecule has 3 heterocycles. The predicted octanol–water partition coefficient (Wildman–Crippen LogP) is 14.9. The lowest BCUT2D eigenvalue weighted by Crippen LogP contribution is -2.45. The van der Waals surface area contributed by atoms with E-state index in [9.17, 15) is 0 Å². The highest BCUT2D eigenvalue weighted by atomic mass is 15.2. The van der Waals surface area contributed by atoms with Gasteiger partial charge in [0.1, 0.15) is 12.0 Å². The summed E-state index contributed by atoms with van der Waals surface area (Å²) in [5.41, 5.74) is 14.1. The average molecular weight is 902 g/mol. The molecule has 70 heavy (non-hydrogen) atoms. The third-order valence-corrected chi connectivity index (χ3v) is 16.4. The summed E-state index contributed by atoms with van der Waals surface area (Å²) < 4.78 is 2.51. The molecule has 0 spiro atoms. The summed E-state index contributed by atoms with van der Waals surface area (Å²) in [6.07, 6.45) is 44.4. The molecule has 6 atom stereocenters. The molecule has 5 nitrogen and oxygen atoms in total. The normalized spacial score (nSPS) is 24.7. The highest BCUT2D eigenvalue weighted by Gasteiger charge is 2.41. The number of allylic oxidation sites excluding steroid dienone is 15. The molecule has 6 unspecified atom stereocenters. The van der Waals surface area contributed by atoms with Crippen molar-refractivity contribution in [3.8, 4) is 5.69 Å². The smallest absolute Gasteiger partial charge is 0.161 e. The molecule has 0 amide bonds. The molecule has 0 radical (unpaired) electrons. The summed E-state index contributed by atoms with van der Waals surface area (Å²) >= 11 is 0. The zero-order chi connectivity index (χ0) is 45.9. The summed E-state index contributed by atoms with van der Waals surface area (Å²) in [6.45, 7) is 0. The second-order valence-electron chi connectivity index (χ2n) is 20.2. The van der Waals surface area contributed by atoms with E-state index >= 15 is 0 Å². The number of hydrogen-bond donors (Lipinski definition) is 1. The Morgan fingerprint density at radius 2 is 1.41 bits per heavy atom. The Labute approximate surface area is 408 Å². The van der Waals surface area contributed by atoms with Crippen LogP contribution in [0.3, 0.4) is 0 Å². The number of aryl methyl sites for hydroxylation is 1.